The highest BCUT2D eigenvalue weighted by molar-refractivity contribution is 5.91. The van der Waals surface area contributed by atoms with E-state index in [2.05, 4.69) is 22.0 Å². The van der Waals surface area contributed by atoms with Crippen LogP contribution in [0.5, 0.6) is 0 Å². The number of rotatable bonds is 3. The number of para-hydroxylation sites is 1. The molecule has 1 fully saturated rings. The number of carboxylic acid groups (broad SMARTS) is 1. The van der Waals surface area contributed by atoms with E-state index in [9.17, 15) is 9.90 Å². The lowest BCUT2D eigenvalue weighted by Crippen LogP contribution is -2.27. The van der Waals surface area contributed by atoms with Crippen LogP contribution in [0.25, 0.3) is 5.69 Å². The van der Waals surface area contributed by atoms with Crippen molar-refractivity contribution in [3.8, 4) is 5.69 Å². The molecule has 1 aliphatic heterocycles. The lowest BCUT2D eigenvalue weighted by molar-refractivity contribution is 0.0696. The molecule has 0 radical (unpaired) electrons. The van der Waals surface area contributed by atoms with Gasteiger partial charge in [0, 0.05) is 0 Å². The second-order valence-electron chi connectivity index (χ2n) is 5.70. The molecule has 1 atom stereocenters. The van der Waals surface area contributed by atoms with Gasteiger partial charge in [0.1, 0.15) is 12.2 Å². The molecule has 0 spiro atoms. The van der Waals surface area contributed by atoms with E-state index in [0.29, 0.717) is 5.69 Å². The molecular formula is C16H20N4O2. The van der Waals surface area contributed by atoms with Gasteiger partial charge in [-0.2, -0.15) is 5.10 Å². The molecule has 0 amide bonds. The van der Waals surface area contributed by atoms with Gasteiger partial charge in [0.05, 0.1) is 17.3 Å². The van der Waals surface area contributed by atoms with Crippen LogP contribution < -0.4 is 0 Å². The van der Waals surface area contributed by atoms with Crippen LogP contribution in [0.15, 0.2) is 30.6 Å². The van der Waals surface area contributed by atoms with Crippen molar-refractivity contribution in [1.82, 2.24) is 19.7 Å². The zero-order valence-corrected chi connectivity index (χ0v) is 12.6. The minimum Gasteiger partial charge on any atom is -0.478 e. The van der Waals surface area contributed by atoms with E-state index in [-0.39, 0.29) is 11.6 Å². The molecule has 6 heteroatoms. The van der Waals surface area contributed by atoms with Crippen LogP contribution in [0.3, 0.4) is 0 Å². The predicted octanol–water partition coefficient (Wildman–Crippen LogP) is 2.51. The number of hydrogen-bond donors (Lipinski definition) is 1. The van der Waals surface area contributed by atoms with Gasteiger partial charge in [-0.25, -0.2) is 14.5 Å². The summed E-state index contributed by atoms with van der Waals surface area (Å²) in [5.41, 5.74) is 0.811. The summed E-state index contributed by atoms with van der Waals surface area (Å²) in [5.74, 6) is -0.135. The number of hydrogen-bond acceptors (Lipinski definition) is 4. The van der Waals surface area contributed by atoms with Crippen LogP contribution in [-0.4, -0.2) is 44.3 Å². The molecular weight excluding hydrogens is 280 g/mol. The van der Waals surface area contributed by atoms with Crippen molar-refractivity contribution in [1.29, 1.82) is 0 Å². The van der Waals surface area contributed by atoms with E-state index in [1.807, 2.05) is 6.07 Å². The average molecular weight is 300 g/mol. The maximum absolute atomic E-state index is 11.5. The number of carbonyl (C=O) groups is 1. The van der Waals surface area contributed by atoms with Gasteiger partial charge in [-0.15, -0.1) is 0 Å². The summed E-state index contributed by atoms with van der Waals surface area (Å²) in [6.07, 6.45) is 6.09. The first-order chi connectivity index (χ1) is 10.7. The van der Waals surface area contributed by atoms with Gasteiger partial charge < -0.3 is 5.11 Å². The lowest BCUT2D eigenvalue weighted by atomic mass is 10.1. The summed E-state index contributed by atoms with van der Waals surface area (Å²) in [5, 5.41) is 13.7. The van der Waals surface area contributed by atoms with Crippen molar-refractivity contribution in [2.24, 2.45) is 0 Å². The van der Waals surface area contributed by atoms with Crippen LogP contribution >= 0.6 is 0 Å². The summed E-state index contributed by atoms with van der Waals surface area (Å²) in [6.45, 7) is 1.03. The van der Waals surface area contributed by atoms with Crippen LogP contribution in [-0.2, 0) is 0 Å². The third kappa shape index (κ3) is 2.74. The summed E-state index contributed by atoms with van der Waals surface area (Å²) in [7, 11) is 2.10. The molecule has 3 rings (SSSR count). The van der Waals surface area contributed by atoms with Crippen molar-refractivity contribution < 1.29 is 9.90 Å². The van der Waals surface area contributed by atoms with Crippen LogP contribution in [0.1, 0.15) is 47.9 Å². The Labute approximate surface area is 129 Å². The molecule has 1 aromatic carbocycles. The van der Waals surface area contributed by atoms with Crippen molar-refractivity contribution in [3.05, 3.63) is 42.0 Å². The van der Waals surface area contributed by atoms with Gasteiger partial charge in [0.25, 0.3) is 0 Å². The molecule has 1 saturated heterocycles. The zero-order chi connectivity index (χ0) is 15.5. The van der Waals surface area contributed by atoms with E-state index in [0.717, 1.165) is 25.2 Å². The molecule has 2 aromatic rings. The Kier molecular flexibility index (Phi) is 4.20. The Balaban J connectivity index is 2.04. The van der Waals surface area contributed by atoms with Gasteiger partial charge >= 0.3 is 5.97 Å². The molecule has 1 N–H and O–H groups in total. The predicted molar refractivity (Wildman–Crippen MR) is 82.2 cm³/mol. The lowest BCUT2D eigenvalue weighted by Gasteiger charge is -2.25. The Hall–Kier alpha value is -2.21. The smallest absolute Gasteiger partial charge is 0.337 e. The molecule has 0 saturated carbocycles. The van der Waals surface area contributed by atoms with Crippen molar-refractivity contribution in [3.63, 3.8) is 0 Å². The van der Waals surface area contributed by atoms with Crippen molar-refractivity contribution >= 4 is 5.97 Å². The minimum atomic E-state index is -0.953. The molecule has 116 valence electrons. The topological polar surface area (TPSA) is 71.2 Å². The maximum atomic E-state index is 11.5. The second-order valence-corrected chi connectivity index (χ2v) is 5.70. The fourth-order valence-corrected chi connectivity index (χ4v) is 3.08. The fourth-order valence-electron chi connectivity index (χ4n) is 3.08. The fraction of sp³-hybridized carbons (Fsp3) is 0.438. The Morgan fingerprint density at radius 2 is 2.09 bits per heavy atom. The first-order valence-corrected chi connectivity index (χ1v) is 7.61. The molecule has 6 nitrogen and oxygen atoms in total. The van der Waals surface area contributed by atoms with Gasteiger partial charge in [0.2, 0.25) is 0 Å². The van der Waals surface area contributed by atoms with Crippen molar-refractivity contribution in [2.45, 2.75) is 31.7 Å². The summed E-state index contributed by atoms with van der Waals surface area (Å²) in [6, 6.07) is 7.09. The molecule has 0 unspecified atom stereocenters. The molecule has 0 bridgehead atoms. The van der Waals surface area contributed by atoms with Gasteiger partial charge in [-0.1, -0.05) is 25.0 Å². The van der Waals surface area contributed by atoms with Gasteiger partial charge in [-0.3, -0.25) is 4.90 Å². The summed E-state index contributed by atoms with van der Waals surface area (Å²) >= 11 is 0. The SMILES string of the molecule is CN1CCCCC[C@@H]1c1ncnn1-c1ccccc1C(=O)O. The highest BCUT2D eigenvalue weighted by atomic mass is 16.4. The molecule has 22 heavy (non-hydrogen) atoms. The van der Waals surface area contributed by atoms with Crippen molar-refractivity contribution in [2.75, 3.05) is 13.6 Å². The van der Waals surface area contributed by atoms with Crippen LogP contribution in [0.4, 0.5) is 0 Å². The number of carboxylic acids is 1. The molecule has 1 aliphatic rings. The number of likely N-dealkylation sites (tertiary alicyclic amines) is 1. The van der Waals surface area contributed by atoms with Crippen LogP contribution in [0, 0.1) is 0 Å². The number of nitrogens with zero attached hydrogens (tertiary/aromatic N) is 4. The standard InChI is InChI=1S/C16H20N4O2/c1-19-10-6-2-3-9-14(19)15-17-11-18-20(15)13-8-5-4-7-12(13)16(21)22/h4-5,7-8,11,14H,2-3,6,9-10H2,1H3,(H,21,22)/t14-/m1/s1. The largest absolute Gasteiger partial charge is 0.478 e. The maximum Gasteiger partial charge on any atom is 0.337 e. The normalized spacial score (nSPS) is 19.8. The van der Waals surface area contributed by atoms with Gasteiger partial charge in [-0.05, 0) is 38.6 Å². The third-order valence-electron chi connectivity index (χ3n) is 4.26. The number of aromatic nitrogens is 3. The Bertz CT molecular complexity index is 668. The molecule has 1 aromatic heterocycles. The highest BCUT2D eigenvalue weighted by Gasteiger charge is 2.25. The van der Waals surface area contributed by atoms with Crippen LogP contribution in [0.2, 0.25) is 0 Å². The van der Waals surface area contributed by atoms with Gasteiger partial charge in [0.15, 0.2) is 0 Å². The molecule has 2 heterocycles. The Morgan fingerprint density at radius 1 is 1.27 bits per heavy atom. The highest BCUT2D eigenvalue weighted by Crippen LogP contribution is 2.29. The first kappa shape index (κ1) is 14.7. The molecule has 0 aliphatic carbocycles. The van der Waals surface area contributed by atoms with E-state index in [4.69, 9.17) is 0 Å². The average Bonchev–Trinajstić information content (AvgIpc) is 2.90. The van der Waals surface area contributed by atoms with E-state index in [1.54, 1.807) is 22.9 Å². The first-order valence-electron chi connectivity index (χ1n) is 7.61. The Morgan fingerprint density at radius 3 is 2.91 bits per heavy atom. The van der Waals surface area contributed by atoms with E-state index >= 15 is 0 Å². The summed E-state index contributed by atoms with van der Waals surface area (Å²) < 4.78 is 1.68. The quantitative estimate of drug-likeness (QED) is 0.943. The zero-order valence-electron chi connectivity index (χ0n) is 12.6. The number of benzene rings is 1. The van der Waals surface area contributed by atoms with E-state index < -0.39 is 5.97 Å². The number of aromatic carboxylic acids is 1. The minimum absolute atomic E-state index is 0.173. The van der Waals surface area contributed by atoms with E-state index in [1.165, 1.54) is 19.2 Å². The third-order valence-corrected chi connectivity index (χ3v) is 4.26. The summed E-state index contributed by atoms with van der Waals surface area (Å²) in [4.78, 5) is 18.2. The second kappa shape index (κ2) is 6.27. The monoisotopic (exact) mass is 300 g/mol.